The van der Waals surface area contributed by atoms with Crippen LogP contribution in [0.1, 0.15) is 31.1 Å². The number of amides is 2. The highest BCUT2D eigenvalue weighted by Gasteiger charge is 2.43. The molecule has 0 radical (unpaired) electrons. The Morgan fingerprint density at radius 3 is 2.50 bits per heavy atom. The van der Waals surface area contributed by atoms with Gasteiger partial charge in [0, 0.05) is 23.8 Å². The van der Waals surface area contributed by atoms with Crippen molar-refractivity contribution in [1.29, 1.82) is 0 Å². The quantitative estimate of drug-likeness (QED) is 0.665. The van der Waals surface area contributed by atoms with Crippen molar-refractivity contribution in [1.82, 2.24) is 9.80 Å². The Morgan fingerprint density at radius 1 is 1.25 bits per heavy atom. The van der Waals surface area contributed by atoms with Gasteiger partial charge in [-0.1, -0.05) is 54.1 Å². The first-order valence-corrected chi connectivity index (χ1v) is 9.41. The molecule has 0 bridgehead atoms. The number of aliphatic imine (C=N–C) groups is 1. The van der Waals surface area contributed by atoms with E-state index >= 15 is 0 Å². The molecule has 0 saturated carbocycles. The van der Waals surface area contributed by atoms with Gasteiger partial charge in [-0.3, -0.25) is 9.89 Å². The molecule has 1 saturated heterocycles. The molecule has 0 N–H and O–H groups in total. The fraction of sp³-hybridized carbons (Fsp3) is 0.273. The van der Waals surface area contributed by atoms with Crippen LogP contribution in [0.3, 0.4) is 0 Å². The summed E-state index contributed by atoms with van der Waals surface area (Å²) in [6.07, 6.45) is 1.51. The van der Waals surface area contributed by atoms with Crippen molar-refractivity contribution in [3.63, 3.8) is 0 Å². The zero-order valence-electron chi connectivity index (χ0n) is 16.3. The summed E-state index contributed by atoms with van der Waals surface area (Å²) in [6.45, 7) is 7.90. The van der Waals surface area contributed by atoms with Crippen LogP contribution >= 0.6 is 11.6 Å². The Bertz CT molecular complexity index is 878. The van der Waals surface area contributed by atoms with Crippen LogP contribution in [-0.2, 0) is 4.74 Å². The molecule has 1 aliphatic rings. The van der Waals surface area contributed by atoms with Crippen molar-refractivity contribution in [2.24, 2.45) is 4.99 Å². The van der Waals surface area contributed by atoms with Crippen molar-refractivity contribution < 1.29 is 9.53 Å². The third kappa shape index (κ3) is 4.26. The number of hydrogen-bond acceptors (Lipinski definition) is 3. The van der Waals surface area contributed by atoms with Crippen LogP contribution in [-0.4, -0.2) is 41.9 Å². The molecule has 2 amide bonds. The predicted octanol–water partition coefficient (Wildman–Crippen LogP) is 5.20. The van der Waals surface area contributed by atoms with Gasteiger partial charge in [-0.15, -0.1) is 0 Å². The highest BCUT2D eigenvalue weighted by molar-refractivity contribution is 6.30. The predicted molar refractivity (Wildman–Crippen MR) is 113 cm³/mol. The van der Waals surface area contributed by atoms with Gasteiger partial charge in [0.05, 0.1) is 12.2 Å². The summed E-state index contributed by atoms with van der Waals surface area (Å²) >= 11 is 5.95. The van der Waals surface area contributed by atoms with Crippen LogP contribution < -0.4 is 0 Å². The van der Waals surface area contributed by atoms with Gasteiger partial charge in [0.25, 0.3) is 0 Å². The Hall–Kier alpha value is -2.63. The van der Waals surface area contributed by atoms with E-state index in [0.29, 0.717) is 17.3 Å². The van der Waals surface area contributed by atoms with Crippen molar-refractivity contribution in [3.05, 3.63) is 76.9 Å². The van der Waals surface area contributed by atoms with E-state index in [0.717, 1.165) is 11.1 Å². The van der Waals surface area contributed by atoms with Crippen molar-refractivity contribution in [2.75, 3.05) is 13.6 Å². The highest BCUT2D eigenvalue weighted by Crippen LogP contribution is 2.36. The number of halogens is 1. The molecule has 1 atom stereocenters. The normalized spacial score (nSPS) is 18.8. The Morgan fingerprint density at radius 2 is 1.89 bits per heavy atom. The lowest BCUT2D eigenvalue weighted by molar-refractivity contribution is -0.0636. The number of urea groups is 1. The Kier molecular flexibility index (Phi) is 5.87. The van der Waals surface area contributed by atoms with E-state index in [9.17, 15) is 4.79 Å². The summed E-state index contributed by atoms with van der Waals surface area (Å²) < 4.78 is 6.16. The van der Waals surface area contributed by atoms with Gasteiger partial charge in [0.1, 0.15) is 11.8 Å². The van der Waals surface area contributed by atoms with E-state index in [4.69, 9.17) is 16.3 Å². The fourth-order valence-electron chi connectivity index (χ4n) is 3.24. The number of rotatable bonds is 4. The summed E-state index contributed by atoms with van der Waals surface area (Å²) in [7, 11) is 1.70. The number of carbonyl (C=O) groups excluding carboxylic acids is 1. The topological polar surface area (TPSA) is 45.1 Å². The molecule has 146 valence electrons. The zero-order valence-corrected chi connectivity index (χ0v) is 17.1. The molecule has 0 spiro atoms. The molecular formula is C22H24ClN3O2. The van der Waals surface area contributed by atoms with Crippen LogP contribution in [0.2, 0.25) is 5.02 Å². The van der Waals surface area contributed by atoms with E-state index in [2.05, 4.69) is 11.7 Å². The lowest BCUT2D eigenvalue weighted by atomic mass is 10.1. The fourth-order valence-corrected chi connectivity index (χ4v) is 3.37. The molecule has 0 aliphatic carbocycles. The van der Waals surface area contributed by atoms with Crippen LogP contribution in [0.5, 0.6) is 0 Å². The van der Waals surface area contributed by atoms with Crippen LogP contribution in [0.15, 0.2) is 65.8 Å². The van der Waals surface area contributed by atoms with Gasteiger partial charge >= 0.3 is 6.03 Å². The van der Waals surface area contributed by atoms with Crippen molar-refractivity contribution in [3.8, 4) is 0 Å². The first-order chi connectivity index (χ1) is 13.3. The van der Waals surface area contributed by atoms with Crippen molar-refractivity contribution >= 4 is 30.0 Å². The molecule has 3 rings (SSSR count). The minimum atomic E-state index is -0.721. The van der Waals surface area contributed by atoms with Gasteiger partial charge in [0.2, 0.25) is 0 Å². The second-order valence-corrected chi connectivity index (χ2v) is 7.58. The monoisotopic (exact) mass is 397 g/mol. The maximum Gasteiger partial charge on any atom is 0.326 e. The molecular weight excluding hydrogens is 374 g/mol. The third-order valence-corrected chi connectivity index (χ3v) is 5.01. The summed E-state index contributed by atoms with van der Waals surface area (Å²) in [4.78, 5) is 20.4. The number of carbonyl (C=O) groups is 1. The standard InChI is InChI=1S/C22H24ClN3O2/c1-22(2)26(15-20(28-22)17-8-6-5-7-9-17)21(27)25(4)14-19(24-3)16-10-12-18(23)13-11-16/h5-14,20H,3,15H2,1-2,4H3/b19-14-. The number of nitrogens with zero attached hydrogens (tertiary/aromatic N) is 3. The lowest BCUT2D eigenvalue weighted by Gasteiger charge is -2.32. The first kappa shape index (κ1) is 20.1. The molecule has 1 heterocycles. The summed E-state index contributed by atoms with van der Waals surface area (Å²) in [6, 6.07) is 17.0. The van der Waals surface area contributed by atoms with Crippen LogP contribution in [0.25, 0.3) is 5.70 Å². The van der Waals surface area contributed by atoms with Gasteiger partial charge in [0.15, 0.2) is 0 Å². The molecule has 6 heteroatoms. The van der Waals surface area contributed by atoms with Gasteiger partial charge < -0.3 is 9.64 Å². The minimum Gasteiger partial charge on any atom is -0.346 e. The maximum absolute atomic E-state index is 13.1. The molecule has 1 fully saturated rings. The largest absolute Gasteiger partial charge is 0.346 e. The summed E-state index contributed by atoms with van der Waals surface area (Å²) in [5.41, 5.74) is 1.75. The zero-order chi connectivity index (χ0) is 20.3. The maximum atomic E-state index is 13.1. The summed E-state index contributed by atoms with van der Waals surface area (Å²) in [5.74, 6) is 0. The Balaban J connectivity index is 1.79. The third-order valence-electron chi connectivity index (χ3n) is 4.76. The SMILES string of the molecule is C=N/C(=C\N(C)C(=O)N1CC(c2ccccc2)OC1(C)C)c1ccc(Cl)cc1. The molecule has 2 aromatic rings. The van der Waals surface area contributed by atoms with Gasteiger partial charge in [-0.2, -0.15) is 0 Å². The Labute approximate surface area is 170 Å². The highest BCUT2D eigenvalue weighted by atomic mass is 35.5. The van der Waals surface area contributed by atoms with E-state index in [1.54, 1.807) is 30.3 Å². The van der Waals surface area contributed by atoms with E-state index in [1.165, 1.54) is 4.90 Å². The molecule has 28 heavy (non-hydrogen) atoms. The van der Waals surface area contributed by atoms with E-state index < -0.39 is 5.72 Å². The second-order valence-electron chi connectivity index (χ2n) is 7.15. The molecule has 2 aromatic carbocycles. The average Bonchev–Trinajstić information content (AvgIpc) is 3.02. The molecule has 0 aromatic heterocycles. The van der Waals surface area contributed by atoms with Crippen LogP contribution in [0, 0.1) is 0 Å². The summed E-state index contributed by atoms with van der Waals surface area (Å²) in [5, 5.41) is 0.638. The van der Waals surface area contributed by atoms with Gasteiger partial charge in [-0.25, -0.2) is 4.79 Å². The van der Waals surface area contributed by atoms with Gasteiger partial charge in [-0.05, 0) is 38.3 Å². The second kappa shape index (κ2) is 8.17. The lowest BCUT2D eigenvalue weighted by Crippen LogP contribution is -2.47. The minimum absolute atomic E-state index is 0.161. The van der Waals surface area contributed by atoms with Crippen LogP contribution in [0.4, 0.5) is 4.79 Å². The molecule has 1 aliphatic heterocycles. The average molecular weight is 398 g/mol. The first-order valence-electron chi connectivity index (χ1n) is 9.03. The number of benzene rings is 2. The number of ether oxygens (including phenoxy) is 1. The molecule has 1 unspecified atom stereocenters. The van der Waals surface area contributed by atoms with Crippen molar-refractivity contribution in [2.45, 2.75) is 25.7 Å². The van der Waals surface area contributed by atoms with E-state index in [-0.39, 0.29) is 12.1 Å². The smallest absolute Gasteiger partial charge is 0.326 e. The molecule has 5 nitrogen and oxygen atoms in total. The number of hydrogen-bond donors (Lipinski definition) is 0. The van der Waals surface area contributed by atoms with E-state index in [1.807, 2.05) is 56.3 Å².